The van der Waals surface area contributed by atoms with E-state index in [1.54, 1.807) is 0 Å². The minimum absolute atomic E-state index is 0.0352. The number of rotatable bonds is 2. The number of allylic oxidation sites excluding steroid dienone is 4. The van der Waals surface area contributed by atoms with Crippen molar-refractivity contribution in [2.75, 3.05) is 6.61 Å². The highest BCUT2D eigenvalue weighted by Crippen LogP contribution is 2.74. The van der Waals surface area contributed by atoms with Crippen molar-refractivity contribution in [2.24, 2.45) is 56.7 Å². The Balaban J connectivity index is 1.70. The standard InChI is InChI=1S/C32H45NO3/c1-19-9-12-32(15-16-34)14-13-31(7)26(25(32)20(19)2)22(35)17-24-29(5)18-21(33-8)27(36)28(3,4)23(29)10-11-30(24,31)6/h17-20,23,25-26,34H,9-16H2,1-7H3/t19-,20+,23+,25+,26-,29+,30-,31-,32-/m1/s1. The van der Waals surface area contributed by atoms with Crippen molar-refractivity contribution >= 4 is 11.6 Å². The van der Waals surface area contributed by atoms with E-state index in [2.05, 4.69) is 39.5 Å². The Morgan fingerprint density at radius 1 is 1.03 bits per heavy atom. The lowest BCUT2D eigenvalue weighted by Gasteiger charge is -2.70. The number of hydrogen-bond donors (Lipinski definition) is 1. The first kappa shape index (κ1) is 25.9. The van der Waals surface area contributed by atoms with E-state index < -0.39 is 10.8 Å². The van der Waals surface area contributed by atoms with E-state index in [4.69, 9.17) is 6.57 Å². The maximum absolute atomic E-state index is 14.4. The van der Waals surface area contributed by atoms with Gasteiger partial charge in [0.2, 0.25) is 5.70 Å². The molecule has 5 rings (SSSR count). The van der Waals surface area contributed by atoms with Gasteiger partial charge in [-0.05, 0) is 90.9 Å². The monoisotopic (exact) mass is 491 g/mol. The van der Waals surface area contributed by atoms with Crippen LogP contribution in [0.2, 0.25) is 0 Å². The Morgan fingerprint density at radius 3 is 2.36 bits per heavy atom. The average Bonchev–Trinajstić information content (AvgIpc) is 2.81. The van der Waals surface area contributed by atoms with E-state index in [0.29, 0.717) is 17.8 Å². The van der Waals surface area contributed by atoms with Crippen molar-refractivity contribution in [1.29, 1.82) is 0 Å². The third kappa shape index (κ3) is 2.96. The Labute approximate surface area is 217 Å². The molecule has 3 saturated carbocycles. The van der Waals surface area contributed by atoms with Crippen LogP contribution in [0.15, 0.2) is 23.4 Å². The molecule has 3 fully saturated rings. The zero-order chi connectivity index (χ0) is 26.5. The molecule has 0 aromatic heterocycles. The van der Waals surface area contributed by atoms with Gasteiger partial charge in [0.25, 0.3) is 0 Å². The lowest BCUT2D eigenvalue weighted by molar-refractivity contribution is -0.179. The van der Waals surface area contributed by atoms with Crippen molar-refractivity contribution in [1.82, 2.24) is 0 Å². The number of carbonyl (C=O) groups excluding carboxylic acids is 2. The number of fused-ring (bicyclic) bond motifs is 7. The first-order valence-corrected chi connectivity index (χ1v) is 14.3. The Kier molecular flexibility index (Phi) is 5.68. The molecule has 0 bridgehead atoms. The van der Waals surface area contributed by atoms with Gasteiger partial charge in [-0.3, -0.25) is 4.79 Å². The van der Waals surface area contributed by atoms with E-state index in [1.807, 2.05) is 26.0 Å². The van der Waals surface area contributed by atoms with Gasteiger partial charge in [0.05, 0.1) is 6.57 Å². The molecule has 1 N–H and O–H groups in total. The molecule has 0 aliphatic heterocycles. The number of hydrogen-bond acceptors (Lipinski definition) is 3. The highest BCUT2D eigenvalue weighted by Gasteiger charge is 2.69. The van der Waals surface area contributed by atoms with Crippen LogP contribution in [-0.4, -0.2) is 23.3 Å². The molecular formula is C32H45NO3. The van der Waals surface area contributed by atoms with E-state index in [1.165, 1.54) is 12.0 Å². The highest BCUT2D eigenvalue weighted by atomic mass is 16.3. The van der Waals surface area contributed by atoms with E-state index in [0.717, 1.165) is 38.5 Å². The molecule has 0 unspecified atom stereocenters. The molecule has 36 heavy (non-hydrogen) atoms. The fourth-order valence-corrected chi connectivity index (χ4v) is 10.6. The molecule has 0 saturated heterocycles. The minimum Gasteiger partial charge on any atom is -0.396 e. The molecule has 0 radical (unpaired) electrons. The second-order valence-corrected chi connectivity index (χ2v) is 14.5. The predicted molar refractivity (Wildman–Crippen MR) is 142 cm³/mol. The third-order valence-corrected chi connectivity index (χ3v) is 13.0. The first-order valence-electron chi connectivity index (χ1n) is 14.3. The summed E-state index contributed by atoms with van der Waals surface area (Å²) >= 11 is 0. The molecular weight excluding hydrogens is 446 g/mol. The molecule has 4 nitrogen and oxygen atoms in total. The van der Waals surface area contributed by atoms with Gasteiger partial charge in [-0.15, -0.1) is 0 Å². The molecule has 196 valence electrons. The summed E-state index contributed by atoms with van der Waals surface area (Å²) in [7, 11) is 0. The number of Topliss-reactive ketones (excluding diaryl/α,β-unsaturated/α-hetero) is 1. The second-order valence-electron chi connectivity index (χ2n) is 14.5. The summed E-state index contributed by atoms with van der Waals surface area (Å²) in [6, 6.07) is 0. The number of carbonyl (C=O) groups is 2. The van der Waals surface area contributed by atoms with Crippen LogP contribution in [0.1, 0.15) is 93.4 Å². The summed E-state index contributed by atoms with van der Waals surface area (Å²) in [4.78, 5) is 31.3. The molecule has 0 spiro atoms. The van der Waals surface area contributed by atoms with Gasteiger partial charge in [-0.25, -0.2) is 4.85 Å². The molecule has 0 heterocycles. The number of aliphatic hydroxyl groups excluding tert-OH is 1. The molecule has 0 aromatic rings. The zero-order valence-electron chi connectivity index (χ0n) is 23.4. The quantitative estimate of drug-likeness (QED) is 0.432. The average molecular weight is 492 g/mol. The molecule has 5 aliphatic rings. The molecule has 0 amide bonds. The van der Waals surface area contributed by atoms with E-state index in [-0.39, 0.29) is 52.0 Å². The van der Waals surface area contributed by atoms with Crippen LogP contribution in [0, 0.1) is 63.2 Å². The second kappa shape index (κ2) is 7.89. The lowest BCUT2D eigenvalue weighted by atomic mass is 9.33. The fraction of sp³-hybridized carbons (Fsp3) is 0.781. The van der Waals surface area contributed by atoms with Gasteiger partial charge in [0.1, 0.15) is 0 Å². The number of aliphatic hydroxyl groups is 1. The van der Waals surface area contributed by atoms with Crippen molar-refractivity contribution in [3.63, 3.8) is 0 Å². The van der Waals surface area contributed by atoms with Crippen LogP contribution in [0.25, 0.3) is 4.85 Å². The van der Waals surface area contributed by atoms with Crippen LogP contribution in [-0.2, 0) is 9.59 Å². The topological polar surface area (TPSA) is 58.7 Å². The summed E-state index contributed by atoms with van der Waals surface area (Å²) in [5.74, 6) is 1.58. The van der Waals surface area contributed by atoms with E-state index >= 15 is 0 Å². The molecule has 5 aliphatic carbocycles. The SMILES string of the molecule is [C-]#[N+]C1=C[C@]2(C)C3=CC(=O)[C@@H]4[C@@H]5[C@@H](C)[C@H](C)CC[C@]5(CCO)CC[C@@]4(C)[C@]3(C)CC[C@H]2C(C)(C)C1=O. The van der Waals surface area contributed by atoms with E-state index in [9.17, 15) is 14.7 Å². The Hall–Kier alpha value is -1.73. The van der Waals surface area contributed by atoms with Crippen LogP contribution >= 0.6 is 0 Å². The van der Waals surface area contributed by atoms with Gasteiger partial charge < -0.3 is 9.90 Å². The summed E-state index contributed by atoms with van der Waals surface area (Å²) < 4.78 is 0. The fourth-order valence-electron chi connectivity index (χ4n) is 10.6. The molecule has 0 aromatic carbocycles. The predicted octanol–water partition coefficient (Wildman–Crippen LogP) is 6.80. The van der Waals surface area contributed by atoms with Crippen molar-refractivity contribution < 1.29 is 14.7 Å². The molecule has 9 atom stereocenters. The van der Waals surface area contributed by atoms with Gasteiger partial charge in [0, 0.05) is 23.4 Å². The van der Waals surface area contributed by atoms with Gasteiger partial charge >= 0.3 is 0 Å². The number of nitrogens with zero attached hydrogens (tertiary/aromatic N) is 1. The summed E-state index contributed by atoms with van der Waals surface area (Å²) in [6.07, 6.45) is 11.0. The first-order chi connectivity index (χ1) is 16.7. The molecule has 4 heteroatoms. The van der Waals surface area contributed by atoms with Crippen LogP contribution < -0.4 is 0 Å². The smallest absolute Gasteiger partial charge is 0.226 e. The normalized spacial score (nSPS) is 49.5. The third-order valence-electron chi connectivity index (χ3n) is 13.0. The maximum Gasteiger partial charge on any atom is 0.226 e. The van der Waals surface area contributed by atoms with Crippen molar-refractivity contribution in [2.45, 2.75) is 93.4 Å². The maximum atomic E-state index is 14.4. The van der Waals surface area contributed by atoms with Gasteiger partial charge in [-0.2, -0.15) is 0 Å². The largest absolute Gasteiger partial charge is 0.396 e. The van der Waals surface area contributed by atoms with Gasteiger partial charge in [-0.1, -0.05) is 60.1 Å². The van der Waals surface area contributed by atoms with Crippen molar-refractivity contribution in [3.8, 4) is 0 Å². The lowest BCUT2D eigenvalue weighted by Crippen LogP contribution is -2.65. The minimum atomic E-state index is -0.623. The summed E-state index contributed by atoms with van der Waals surface area (Å²) in [6.45, 7) is 23.6. The van der Waals surface area contributed by atoms with Crippen LogP contribution in [0.4, 0.5) is 0 Å². The number of ketones is 2. The zero-order valence-corrected chi connectivity index (χ0v) is 23.4. The van der Waals surface area contributed by atoms with Crippen molar-refractivity contribution in [3.05, 3.63) is 34.8 Å². The van der Waals surface area contributed by atoms with Crippen LogP contribution in [0.3, 0.4) is 0 Å². The Morgan fingerprint density at radius 2 is 1.72 bits per heavy atom. The highest BCUT2D eigenvalue weighted by molar-refractivity contribution is 6.03. The summed E-state index contributed by atoms with van der Waals surface area (Å²) in [5.41, 5.74) is 0.0329. The summed E-state index contributed by atoms with van der Waals surface area (Å²) in [5, 5.41) is 10.1. The van der Waals surface area contributed by atoms with Crippen LogP contribution in [0.5, 0.6) is 0 Å². The Bertz CT molecular complexity index is 1110. The van der Waals surface area contributed by atoms with Gasteiger partial charge in [0.15, 0.2) is 11.6 Å².